The predicted octanol–water partition coefficient (Wildman–Crippen LogP) is 1.05. The van der Waals surface area contributed by atoms with Crippen molar-refractivity contribution in [2.24, 2.45) is 5.73 Å². The summed E-state index contributed by atoms with van der Waals surface area (Å²) in [6, 6.07) is 6.10. The Labute approximate surface area is 155 Å². The van der Waals surface area contributed by atoms with Gasteiger partial charge in [0, 0.05) is 19.6 Å². The van der Waals surface area contributed by atoms with Crippen molar-refractivity contribution < 1.29 is 17.9 Å². The summed E-state index contributed by atoms with van der Waals surface area (Å²) in [6.07, 6.45) is 3.96. The molecule has 2 N–H and O–H groups in total. The molecule has 0 aromatic heterocycles. The van der Waals surface area contributed by atoms with E-state index in [1.165, 1.54) is 29.3 Å². The minimum absolute atomic E-state index is 0.0131. The number of nitrogens with two attached hydrogens (primary N) is 1. The molecule has 0 saturated carbocycles. The highest BCUT2D eigenvalue weighted by molar-refractivity contribution is 7.89. The number of nitrogens with zero attached hydrogens (tertiary/aromatic N) is 2. The van der Waals surface area contributed by atoms with Gasteiger partial charge in [0.05, 0.1) is 23.2 Å². The predicted molar refractivity (Wildman–Crippen MR) is 98.4 cm³/mol. The van der Waals surface area contributed by atoms with Crippen molar-refractivity contribution in [1.82, 2.24) is 9.21 Å². The molecule has 0 aliphatic carbocycles. The van der Waals surface area contributed by atoms with Gasteiger partial charge < -0.3 is 15.4 Å². The Morgan fingerprint density at radius 2 is 1.77 bits per heavy atom. The van der Waals surface area contributed by atoms with E-state index in [1.807, 2.05) is 0 Å². The third-order valence-electron chi connectivity index (χ3n) is 5.13. The number of sulfonamides is 1. The molecule has 2 aliphatic rings. The van der Waals surface area contributed by atoms with E-state index >= 15 is 0 Å². The zero-order chi connectivity index (χ0) is 18.6. The number of rotatable bonds is 7. The van der Waals surface area contributed by atoms with Crippen LogP contribution in [0.2, 0.25) is 0 Å². The summed E-state index contributed by atoms with van der Waals surface area (Å²) < 4.78 is 33.1. The standard InChI is InChI=1S/C18H27N3O4S/c19-18(22)16-5-1-2-6-17(16)26(23,24)21-11-7-15(8-12-21)25-14-13-20-9-3-4-10-20/h1-2,5-6,15H,3-4,7-14H2,(H2,19,22). The van der Waals surface area contributed by atoms with Crippen LogP contribution < -0.4 is 5.73 Å². The van der Waals surface area contributed by atoms with E-state index in [1.54, 1.807) is 12.1 Å². The van der Waals surface area contributed by atoms with Crippen molar-refractivity contribution >= 4 is 15.9 Å². The third-order valence-corrected chi connectivity index (χ3v) is 7.09. The van der Waals surface area contributed by atoms with Crippen LogP contribution in [0.4, 0.5) is 0 Å². The second kappa shape index (κ2) is 8.47. The van der Waals surface area contributed by atoms with Gasteiger partial charge in [-0.2, -0.15) is 4.31 Å². The van der Waals surface area contributed by atoms with E-state index in [-0.39, 0.29) is 16.6 Å². The minimum Gasteiger partial charge on any atom is -0.377 e. The summed E-state index contributed by atoms with van der Waals surface area (Å²) in [7, 11) is -3.73. The first kappa shape index (κ1) is 19.3. The summed E-state index contributed by atoms with van der Waals surface area (Å²) >= 11 is 0. The molecule has 0 unspecified atom stereocenters. The van der Waals surface area contributed by atoms with Gasteiger partial charge in [-0.3, -0.25) is 4.79 Å². The van der Waals surface area contributed by atoms with Gasteiger partial charge in [-0.25, -0.2) is 8.42 Å². The highest BCUT2D eigenvalue weighted by Gasteiger charge is 2.32. The topological polar surface area (TPSA) is 92.9 Å². The number of ether oxygens (including phenoxy) is 1. The molecule has 144 valence electrons. The first-order valence-corrected chi connectivity index (χ1v) is 10.7. The van der Waals surface area contributed by atoms with Crippen molar-refractivity contribution in [1.29, 1.82) is 0 Å². The smallest absolute Gasteiger partial charge is 0.250 e. The monoisotopic (exact) mass is 381 g/mol. The lowest BCUT2D eigenvalue weighted by Crippen LogP contribution is -2.41. The molecular weight excluding hydrogens is 354 g/mol. The molecule has 1 amide bonds. The van der Waals surface area contributed by atoms with Gasteiger partial charge in [-0.05, 0) is 50.9 Å². The van der Waals surface area contributed by atoms with E-state index in [0.717, 1.165) is 19.6 Å². The molecule has 2 fully saturated rings. The largest absolute Gasteiger partial charge is 0.377 e. The number of amides is 1. The number of hydrogen-bond acceptors (Lipinski definition) is 5. The summed E-state index contributed by atoms with van der Waals surface area (Å²) in [5.74, 6) is -0.732. The van der Waals surface area contributed by atoms with E-state index in [2.05, 4.69) is 4.90 Å². The maximum Gasteiger partial charge on any atom is 0.250 e. The van der Waals surface area contributed by atoms with E-state index in [9.17, 15) is 13.2 Å². The fraction of sp³-hybridized carbons (Fsp3) is 0.611. The normalized spacial score (nSPS) is 20.5. The van der Waals surface area contributed by atoms with Gasteiger partial charge in [0.15, 0.2) is 0 Å². The van der Waals surface area contributed by atoms with Gasteiger partial charge in [0.1, 0.15) is 0 Å². The second-order valence-corrected chi connectivity index (χ2v) is 8.79. The van der Waals surface area contributed by atoms with Crippen LogP contribution in [0, 0.1) is 0 Å². The summed E-state index contributed by atoms with van der Waals surface area (Å²) in [6.45, 7) is 4.73. The molecule has 0 atom stereocenters. The Balaban J connectivity index is 1.54. The van der Waals surface area contributed by atoms with E-state index in [4.69, 9.17) is 10.5 Å². The molecule has 0 radical (unpaired) electrons. The van der Waals surface area contributed by atoms with Crippen LogP contribution in [0.15, 0.2) is 29.2 Å². The Kier molecular flexibility index (Phi) is 6.29. The van der Waals surface area contributed by atoms with Gasteiger partial charge in [-0.1, -0.05) is 12.1 Å². The van der Waals surface area contributed by atoms with Crippen LogP contribution in [-0.4, -0.2) is 69.0 Å². The Bertz CT molecular complexity index is 724. The number of carbonyl (C=O) groups excluding carboxylic acids is 1. The number of primary amides is 1. The molecule has 8 heteroatoms. The van der Waals surface area contributed by atoms with Crippen LogP contribution in [0.3, 0.4) is 0 Å². The van der Waals surface area contributed by atoms with Crippen molar-refractivity contribution in [3.63, 3.8) is 0 Å². The summed E-state index contributed by atoms with van der Waals surface area (Å²) in [4.78, 5) is 13.9. The van der Waals surface area contributed by atoms with Crippen molar-refractivity contribution in [3.05, 3.63) is 29.8 Å². The van der Waals surface area contributed by atoms with E-state index < -0.39 is 15.9 Å². The lowest BCUT2D eigenvalue weighted by atomic mass is 10.1. The van der Waals surface area contributed by atoms with Crippen molar-refractivity contribution in [3.8, 4) is 0 Å². The fourth-order valence-corrected chi connectivity index (χ4v) is 5.29. The van der Waals surface area contributed by atoms with Crippen LogP contribution in [-0.2, 0) is 14.8 Å². The molecule has 0 bridgehead atoms. The van der Waals surface area contributed by atoms with Crippen LogP contribution in [0.5, 0.6) is 0 Å². The lowest BCUT2D eigenvalue weighted by Gasteiger charge is -2.31. The molecule has 0 spiro atoms. The maximum absolute atomic E-state index is 12.9. The zero-order valence-electron chi connectivity index (χ0n) is 15.0. The fourth-order valence-electron chi connectivity index (χ4n) is 3.63. The molecule has 3 rings (SSSR count). The maximum atomic E-state index is 12.9. The average Bonchev–Trinajstić information content (AvgIpc) is 3.15. The number of piperidine rings is 1. The van der Waals surface area contributed by atoms with Crippen molar-refractivity contribution in [2.75, 3.05) is 39.3 Å². The molecule has 2 heterocycles. The van der Waals surface area contributed by atoms with Crippen LogP contribution in [0.1, 0.15) is 36.0 Å². The molecule has 2 aliphatic heterocycles. The highest BCUT2D eigenvalue weighted by atomic mass is 32.2. The molecule has 1 aromatic carbocycles. The van der Waals surface area contributed by atoms with Gasteiger partial charge in [0.2, 0.25) is 15.9 Å². The Morgan fingerprint density at radius 1 is 1.12 bits per heavy atom. The Hall–Kier alpha value is -1.48. The Morgan fingerprint density at radius 3 is 2.42 bits per heavy atom. The molecule has 7 nitrogen and oxygen atoms in total. The zero-order valence-corrected chi connectivity index (χ0v) is 15.8. The van der Waals surface area contributed by atoms with Gasteiger partial charge in [-0.15, -0.1) is 0 Å². The SMILES string of the molecule is NC(=O)c1ccccc1S(=O)(=O)N1CCC(OCCN2CCCC2)CC1. The van der Waals surface area contributed by atoms with Gasteiger partial charge >= 0.3 is 0 Å². The first-order valence-electron chi connectivity index (χ1n) is 9.21. The highest BCUT2D eigenvalue weighted by Crippen LogP contribution is 2.24. The third kappa shape index (κ3) is 4.43. The molecule has 1 aromatic rings. The van der Waals surface area contributed by atoms with Crippen molar-refractivity contribution in [2.45, 2.75) is 36.7 Å². The quantitative estimate of drug-likeness (QED) is 0.762. The molecule has 26 heavy (non-hydrogen) atoms. The van der Waals surface area contributed by atoms with Crippen LogP contribution in [0.25, 0.3) is 0 Å². The first-order chi connectivity index (χ1) is 12.5. The minimum atomic E-state index is -3.73. The number of hydrogen-bond donors (Lipinski definition) is 1. The summed E-state index contributed by atoms with van der Waals surface area (Å²) in [5.41, 5.74) is 5.36. The van der Waals surface area contributed by atoms with E-state index in [0.29, 0.717) is 32.5 Å². The van der Waals surface area contributed by atoms with Gasteiger partial charge in [0.25, 0.3) is 0 Å². The lowest BCUT2D eigenvalue weighted by molar-refractivity contribution is 0.0125. The van der Waals surface area contributed by atoms with Crippen LogP contribution >= 0.6 is 0 Å². The number of carbonyl (C=O) groups is 1. The second-order valence-electron chi connectivity index (χ2n) is 6.88. The number of likely N-dealkylation sites (tertiary alicyclic amines) is 1. The molecule has 2 saturated heterocycles. The molecular formula is C18H27N3O4S. The number of benzene rings is 1. The average molecular weight is 381 g/mol. The summed E-state index contributed by atoms with van der Waals surface area (Å²) in [5, 5.41) is 0.